The third-order valence-corrected chi connectivity index (χ3v) is 10.9. The number of hydrogen-bond acceptors (Lipinski definition) is 9. The van der Waals surface area contributed by atoms with Crippen molar-refractivity contribution in [1.82, 2.24) is 19.6 Å². The first-order valence-electron chi connectivity index (χ1n) is 14.8. The summed E-state index contributed by atoms with van der Waals surface area (Å²) in [5.74, 6) is 0.347. The number of anilines is 1. The highest BCUT2D eigenvalue weighted by molar-refractivity contribution is 7.85. The topological polar surface area (TPSA) is 108 Å². The maximum Gasteiger partial charge on any atom is 0.264 e. The van der Waals surface area contributed by atoms with E-state index >= 15 is 0 Å². The highest BCUT2D eigenvalue weighted by Crippen LogP contribution is 2.29. The molecule has 3 aromatic heterocycles. The molecular weight excluding hydrogens is 618 g/mol. The van der Waals surface area contributed by atoms with E-state index in [0.29, 0.717) is 46.8 Å². The Balaban J connectivity index is 1.74. The third kappa shape index (κ3) is 10.1. The molecule has 0 atom stereocenters. The molecule has 0 saturated heterocycles. The van der Waals surface area contributed by atoms with Crippen molar-refractivity contribution in [1.29, 1.82) is 0 Å². The largest absolute Gasteiger partial charge is 0.361 e. The van der Waals surface area contributed by atoms with Gasteiger partial charge in [-0.1, -0.05) is 39.3 Å². The van der Waals surface area contributed by atoms with E-state index in [1.807, 2.05) is 17.0 Å². The van der Waals surface area contributed by atoms with Gasteiger partial charge in [0.2, 0.25) is 0 Å². The van der Waals surface area contributed by atoms with Crippen LogP contribution in [0.25, 0.3) is 27.7 Å². The van der Waals surface area contributed by atoms with Crippen molar-refractivity contribution in [2.24, 2.45) is 0 Å². The minimum absolute atomic E-state index is 0.0544. The lowest BCUT2D eigenvalue weighted by molar-refractivity contribution is 0.0942. The second-order valence-electron chi connectivity index (χ2n) is 13.5. The van der Waals surface area contributed by atoms with E-state index in [0.717, 1.165) is 23.9 Å². The van der Waals surface area contributed by atoms with Gasteiger partial charge in [-0.15, -0.1) is 0 Å². The Morgan fingerprint density at radius 3 is 2.18 bits per heavy atom. The number of halogens is 1. The molecule has 0 aliphatic heterocycles. The molecule has 0 N–H and O–H groups in total. The Bertz CT molecular complexity index is 1670. The van der Waals surface area contributed by atoms with Crippen LogP contribution in [0.3, 0.4) is 0 Å². The number of pyridine rings is 1. The van der Waals surface area contributed by atoms with Gasteiger partial charge >= 0.3 is 0 Å². The van der Waals surface area contributed by atoms with Crippen LogP contribution in [0.4, 0.5) is 10.2 Å². The fourth-order valence-corrected chi connectivity index (χ4v) is 6.28. The number of benzene rings is 1. The molecule has 0 spiro atoms. The molecule has 3 heterocycles. The maximum absolute atomic E-state index is 14.0. The van der Waals surface area contributed by atoms with E-state index in [4.69, 9.17) is 23.7 Å². The van der Waals surface area contributed by atoms with Crippen molar-refractivity contribution in [3.05, 3.63) is 54.2 Å². The quantitative estimate of drug-likeness (QED) is 0.0615. The molecule has 0 saturated carbocycles. The minimum Gasteiger partial charge on any atom is -0.361 e. The molecule has 14 heteroatoms. The van der Waals surface area contributed by atoms with Gasteiger partial charge in [-0.3, -0.25) is 9.17 Å². The van der Waals surface area contributed by atoms with Crippen LogP contribution in [-0.2, 0) is 30.2 Å². The standard InChI is InChI=1S/C30H44FN5O5SSi2/c1-42(37,38)41-11-10-26-18-29(35(21-39-12-14-43(2,3)4)22-40-13-15-44(5,6)7)36-30(34-26)27(20-33-36)24-16-23-17-25(31)8-9-28(23)32-19-24/h8-9,16-20H,10-15,21-22H2,1-7H3. The summed E-state index contributed by atoms with van der Waals surface area (Å²) >= 11 is 0. The summed E-state index contributed by atoms with van der Waals surface area (Å²) in [6.45, 7) is 15.6. The van der Waals surface area contributed by atoms with Crippen molar-refractivity contribution in [2.75, 3.05) is 44.4 Å². The Morgan fingerprint density at radius 1 is 0.909 bits per heavy atom. The summed E-state index contributed by atoms with van der Waals surface area (Å²) in [5.41, 5.74) is 3.27. The second kappa shape index (κ2) is 14.1. The van der Waals surface area contributed by atoms with Crippen LogP contribution in [-0.4, -0.2) is 83.7 Å². The lowest BCUT2D eigenvalue weighted by Crippen LogP contribution is -2.33. The Hall–Kier alpha value is -2.76. The molecule has 0 aliphatic rings. The van der Waals surface area contributed by atoms with E-state index in [-0.39, 0.29) is 32.3 Å². The van der Waals surface area contributed by atoms with E-state index in [2.05, 4.69) is 44.3 Å². The van der Waals surface area contributed by atoms with Crippen LogP contribution in [0, 0.1) is 5.82 Å². The first kappa shape index (κ1) is 34.1. The van der Waals surface area contributed by atoms with Gasteiger partial charge in [0.25, 0.3) is 10.1 Å². The monoisotopic (exact) mass is 661 g/mol. The van der Waals surface area contributed by atoms with Crippen LogP contribution in [0.5, 0.6) is 0 Å². The fraction of sp³-hybridized carbons (Fsp3) is 0.500. The summed E-state index contributed by atoms with van der Waals surface area (Å²) in [6.07, 6.45) is 4.70. The van der Waals surface area contributed by atoms with Crippen LogP contribution >= 0.6 is 0 Å². The number of aromatic nitrogens is 4. The van der Waals surface area contributed by atoms with Gasteiger partial charge in [-0.2, -0.15) is 18.0 Å². The van der Waals surface area contributed by atoms with E-state index in [9.17, 15) is 12.8 Å². The fourth-order valence-electron chi connectivity index (χ4n) is 4.38. The summed E-state index contributed by atoms with van der Waals surface area (Å²) in [4.78, 5) is 11.4. The van der Waals surface area contributed by atoms with Crippen LogP contribution in [0.15, 0.2) is 42.7 Å². The molecule has 0 unspecified atom stereocenters. The van der Waals surface area contributed by atoms with E-state index in [1.54, 1.807) is 23.0 Å². The highest BCUT2D eigenvalue weighted by atomic mass is 32.2. The molecule has 240 valence electrons. The Labute approximate surface area is 261 Å². The summed E-state index contributed by atoms with van der Waals surface area (Å²) in [6, 6.07) is 10.3. The molecule has 0 aliphatic carbocycles. The van der Waals surface area contributed by atoms with Crippen LogP contribution in [0.2, 0.25) is 51.4 Å². The van der Waals surface area contributed by atoms with Gasteiger partial charge in [-0.05, 0) is 36.4 Å². The van der Waals surface area contributed by atoms with Gasteiger partial charge in [-0.25, -0.2) is 9.37 Å². The van der Waals surface area contributed by atoms with Gasteiger partial charge < -0.3 is 14.4 Å². The molecular formula is C30H44FN5O5SSi2. The molecule has 0 fully saturated rings. The average molecular weight is 662 g/mol. The van der Waals surface area contributed by atoms with Gasteiger partial charge in [0.1, 0.15) is 25.1 Å². The Morgan fingerprint density at radius 2 is 1.57 bits per heavy atom. The molecule has 0 bridgehead atoms. The second-order valence-corrected chi connectivity index (χ2v) is 26.4. The first-order valence-corrected chi connectivity index (χ1v) is 24.0. The normalized spacial score (nSPS) is 12.8. The minimum atomic E-state index is -3.61. The summed E-state index contributed by atoms with van der Waals surface area (Å²) in [5, 5.41) is 5.36. The predicted molar refractivity (Wildman–Crippen MR) is 179 cm³/mol. The molecule has 1 aromatic carbocycles. The SMILES string of the molecule is C[Si](C)(C)CCOCN(COCC[Si](C)(C)C)c1cc(CCOS(C)(=O)=O)nc2c(-c3cnc4ccc(F)cc4c3)cnn12. The Kier molecular flexibility index (Phi) is 11.0. The zero-order valence-corrected chi connectivity index (χ0v) is 29.6. The van der Waals surface area contributed by atoms with Crippen molar-refractivity contribution >= 4 is 48.6 Å². The van der Waals surface area contributed by atoms with Crippen molar-refractivity contribution in [3.8, 4) is 11.1 Å². The first-order chi connectivity index (χ1) is 20.6. The number of fused-ring (bicyclic) bond motifs is 2. The molecule has 44 heavy (non-hydrogen) atoms. The summed E-state index contributed by atoms with van der Waals surface area (Å²) in [7, 11) is -6.19. The van der Waals surface area contributed by atoms with E-state index in [1.165, 1.54) is 12.1 Å². The number of nitrogens with zero attached hydrogens (tertiary/aromatic N) is 5. The van der Waals surface area contributed by atoms with Crippen molar-refractivity contribution in [2.45, 2.75) is 57.8 Å². The van der Waals surface area contributed by atoms with Gasteiger partial charge in [0.15, 0.2) is 5.65 Å². The van der Waals surface area contributed by atoms with Crippen molar-refractivity contribution in [3.63, 3.8) is 0 Å². The summed E-state index contributed by atoms with van der Waals surface area (Å²) < 4.78 is 56.4. The van der Waals surface area contributed by atoms with Crippen LogP contribution < -0.4 is 4.90 Å². The molecule has 4 rings (SSSR count). The van der Waals surface area contributed by atoms with Crippen molar-refractivity contribution < 1.29 is 26.5 Å². The smallest absolute Gasteiger partial charge is 0.264 e. The molecule has 4 aromatic rings. The average Bonchev–Trinajstić information content (AvgIpc) is 3.33. The van der Waals surface area contributed by atoms with Gasteiger partial charge in [0, 0.05) is 70.3 Å². The lowest BCUT2D eigenvalue weighted by atomic mass is 10.1. The highest BCUT2D eigenvalue weighted by Gasteiger charge is 2.20. The molecule has 10 nitrogen and oxygen atoms in total. The number of hydrogen-bond donors (Lipinski definition) is 0. The third-order valence-electron chi connectivity index (χ3n) is 6.93. The predicted octanol–water partition coefficient (Wildman–Crippen LogP) is 6.03. The number of ether oxygens (including phenoxy) is 2. The van der Waals surface area contributed by atoms with E-state index < -0.39 is 26.3 Å². The molecule has 0 amide bonds. The zero-order chi connectivity index (χ0) is 32.1. The van der Waals surface area contributed by atoms with Crippen LogP contribution in [0.1, 0.15) is 5.69 Å². The van der Waals surface area contributed by atoms with Gasteiger partial charge in [0.05, 0.1) is 24.6 Å². The maximum atomic E-state index is 14.0. The zero-order valence-electron chi connectivity index (χ0n) is 26.8. The molecule has 0 radical (unpaired) electrons. The number of rotatable bonds is 16. The lowest BCUT2D eigenvalue weighted by Gasteiger charge is -2.26.